The molecule has 3 nitrogen and oxygen atoms in total. The van der Waals surface area contributed by atoms with Gasteiger partial charge in [0.25, 0.3) is 0 Å². The van der Waals surface area contributed by atoms with E-state index in [4.69, 9.17) is 15.2 Å². The third kappa shape index (κ3) is 7.74. The first kappa shape index (κ1) is 16.9. The molecular formula is C14H31NO2. The second kappa shape index (κ2) is 8.90. The van der Waals surface area contributed by atoms with Crippen LogP contribution in [0.1, 0.15) is 53.9 Å². The fourth-order valence-electron chi connectivity index (χ4n) is 1.81. The van der Waals surface area contributed by atoms with E-state index in [0.29, 0.717) is 13.2 Å². The zero-order chi connectivity index (χ0) is 13.3. The van der Waals surface area contributed by atoms with Crippen LogP contribution < -0.4 is 5.73 Å². The summed E-state index contributed by atoms with van der Waals surface area (Å²) in [6.45, 7) is 12.9. The van der Waals surface area contributed by atoms with Crippen LogP contribution in [0.5, 0.6) is 0 Å². The first-order valence-corrected chi connectivity index (χ1v) is 6.88. The van der Waals surface area contributed by atoms with Crippen molar-refractivity contribution in [3.8, 4) is 0 Å². The van der Waals surface area contributed by atoms with Gasteiger partial charge in [0.2, 0.25) is 0 Å². The summed E-state index contributed by atoms with van der Waals surface area (Å²) >= 11 is 0. The van der Waals surface area contributed by atoms with Crippen LogP contribution in [0.4, 0.5) is 0 Å². The zero-order valence-electron chi connectivity index (χ0n) is 12.3. The highest BCUT2D eigenvalue weighted by molar-refractivity contribution is 4.83. The van der Waals surface area contributed by atoms with Crippen molar-refractivity contribution in [3.63, 3.8) is 0 Å². The van der Waals surface area contributed by atoms with Crippen LogP contribution in [0.15, 0.2) is 0 Å². The molecule has 0 amide bonds. The van der Waals surface area contributed by atoms with E-state index in [1.807, 2.05) is 0 Å². The maximum atomic E-state index is 6.10. The number of hydrogen-bond acceptors (Lipinski definition) is 3. The van der Waals surface area contributed by atoms with Gasteiger partial charge >= 0.3 is 0 Å². The van der Waals surface area contributed by atoms with Gasteiger partial charge in [0.15, 0.2) is 0 Å². The average Bonchev–Trinajstić information content (AvgIpc) is 2.25. The number of nitrogens with two attached hydrogens (primary N) is 1. The summed E-state index contributed by atoms with van der Waals surface area (Å²) in [4.78, 5) is 0. The molecule has 104 valence electrons. The van der Waals surface area contributed by atoms with Crippen LogP contribution in [0.3, 0.4) is 0 Å². The summed E-state index contributed by atoms with van der Waals surface area (Å²) in [7, 11) is 0. The Labute approximate surface area is 107 Å². The summed E-state index contributed by atoms with van der Waals surface area (Å²) in [5, 5.41) is 0. The molecule has 0 spiro atoms. The van der Waals surface area contributed by atoms with Crippen molar-refractivity contribution in [1.82, 2.24) is 0 Å². The van der Waals surface area contributed by atoms with Crippen molar-refractivity contribution in [2.45, 2.75) is 66.0 Å². The molecule has 0 fully saturated rings. The lowest BCUT2D eigenvalue weighted by Gasteiger charge is -2.34. The summed E-state index contributed by atoms with van der Waals surface area (Å²) < 4.78 is 11.4. The van der Waals surface area contributed by atoms with Crippen molar-refractivity contribution < 1.29 is 9.47 Å². The molecule has 2 atom stereocenters. The van der Waals surface area contributed by atoms with E-state index in [2.05, 4.69) is 34.6 Å². The van der Waals surface area contributed by atoms with Crippen molar-refractivity contribution in [1.29, 1.82) is 0 Å². The Kier molecular flexibility index (Phi) is 8.83. The highest BCUT2D eigenvalue weighted by Gasteiger charge is 2.29. The molecule has 3 heteroatoms. The van der Waals surface area contributed by atoms with Gasteiger partial charge in [-0.15, -0.1) is 0 Å². The Bertz CT molecular complexity index is 178. The second-order valence-corrected chi connectivity index (χ2v) is 5.70. The van der Waals surface area contributed by atoms with Gasteiger partial charge in [0.1, 0.15) is 0 Å². The first-order valence-electron chi connectivity index (χ1n) is 6.88. The predicted molar refractivity (Wildman–Crippen MR) is 73.2 cm³/mol. The summed E-state index contributed by atoms with van der Waals surface area (Å²) in [5.74, 6) is 0. The van der Waals surface area contributed by atoms with Crippen LogP contribution in [-0.2, 0) is 9.47 Å². The van der Waals surface area contributed by atoms with Gasteiger partial charge in [0.05, 0.1) is 19.3 Å². The fraction of sp³-hybridized carbons (Fsp3) is 1.00. The van der Waals surface area contributed by atoms with Gasteiger partial charge in [-0.05, 0) is 18.3 Å². The smallest absolute Gasteiger partial charge is 0.0775 e. The Balaban J connectivity index is 3.86. The molecule has 2 unspecified atom stereocenters. The number of ether oxygens (including phenoxy) is 2. The second-order valence-electron chi connectivity index (χ2n) is 5.70. The molecule has 0 bridgehead atoms. The summed E-state index contributed by atoms with van der Waals surface area (Å²) in [6, 6.07) is 0.102. The quantitative estimate of drug-likeness (QED) is 0.635. The minimum Gasteiger partial charge on any atom is -0.379 e. The van der Waals surface area contributed by atoms with Crippen molar-refractivity contribution in [2.75, 3.05) is 19.8 Å². The van der Waals surface area contributed by atoms with E-state index in [1.165, 1.54) is 6.42 Å². The standard InChI is InChI=1S/C14H31NO2/c1-6-8-9-16-10-11-17-13(12(15)7-2)14(3,4)5/h12-13H,6-11,15H2,1-5H3. The maximum Gasteiger partial charge on any atom is 0.0775 e. The van der Waals surface area contributed by atoms with Gasteiger partial charge in [-0.3, -0.25) is 0 Å². The van der Waals surface area contributed by atoms with Crippen LogP contribution in [0, 0.1) is 5.41 Å². The molecule has 0 aliphatic heterocycles. The first-order chi connectivity index (χ1) is 7.93. The van der Waals surface area contributed by atoms with E-state index >= 15 is 0 Å². The van der Waals surface area contributed by atoms with Crippen molar-refractivity contribution in [2.24, 2.45) is 11.1 Å². The largest absolute Gasteiger partial charge is 0.379 e. The third-order valence-corrected chi connectivity index (χ3v) is 2.88. The van der Waals surface area contributed by atoms with E-state index in [9.17, 15) is 0 Å². The van der Waals surface area contributed by atoms with Gasteiger partial charge < -0.3 is 15.2 Å². The van der Waals surface area contributed by atoms with E-state index < -0.39 is 0 Å². The molecule has 0 saturated heterocycles. The van der Waals surface area contributed by atoms with Crippen LogP contribution >= 0.6 is 0 Å². The van der Waals surface area contributed by atoms with Crippen molar-refractivity contribution in [3.05, 3.63) is 0 Å². The topological polar surface area (TPSA) is 44.5 Å². The lowest BCUT2D eigenvalue weighted by molar-refractivity contribution is -0.0560. The average molecular weight is 245 g/mol. The zero-order valence-corrected chi connectivity index (χ0v) is 12.3. The predicted octanol–water partition coefficient (Wildman–Crippen LogP) is 2.97. The molecule has 0 rings (SSSR count). The molecular weight excluding hydrogens is 214 g/mol. The molecule has 0 saturated carbocycles. The number of unbranched alkanes of at least 4 members (excludes halogenated alkanes) is 1. The highest BCUT2D eigenvalue weighted by atomic mass is 16.5. The fourth-order valence-corrected chi connectivity index (χ4v) is 1.81. The van der Waals surface area contributed by atoms with Crippen LogP contribution in [-0.4, -0.2) is 32.0 Å². The van der Waals surface area contributed by atoms with Crippen molar-refractivity contribution >= 4 is 0 Å². The lowest BCUT2D eigenvalue weighted by Crippen LogP contribution is -2.45. The molecule has 0 aliphatic rings. The Morgan fingerprint density at radius 2 is 1.71 bits per heavy atom. The SMILES string of the molecule is CCCCOCCOC(C(N)CC)C(C)(C)C. The molecule has 0 aliphatic carbocycles. The van der Waals surface area contributed by atoms with Gasteiger partial charge in [-0.25, -0.2) is 0 Å². The van der Waals surface area contributed by atoms with Crippen LogP contribution in [0.25, 0.3) is 0 Å². The number of hydrogen-bond donors (Lipinski definition) is 1. The molecule has 0 aromatic rings. The van der Waals surface area contributed by atoms with Gasteiger partial charge in [-0.2, -0.15) is 0 Å². The molecule has 0 aromatic heterocycles. The molecule has 17 heavy (non-hydrogen) atoms. The third-order valence-electron chi connectivity index (χ3n) is 2.88. The normalized spacial score (nSPS) is 15.9. The molecule has 2 N–H and O–H groups in total. The van der Waals surface area contributed by atoms with Gasteiger partial charge in [-0.1, -0.05) is 41.0 Å². The minimum atomic E-state index is 0.0822. The molecule has 0 aromatic carbocycles. The van der Waals surface area contributed by atoms with E-state index in [1.54, 1.807) is 0 Å². The summed E-state index contributed by atoms with van der Waals surface area (Å²) in [5.41, 5.74) is 6.18. The summed E-state index contributed by atoms with van der Waals surface area (Å²) in [6.07, 6.45) is 3.34. The molecule has 0 heterocycles. The van der Waals surface area contributed by atoms with Gasteiger partial charge in [0, 0.05) is 12.6 Å². The van der Waals surface area contributed by atoms with E-state index in [0.717, 1.165) is 19.4 Å². The van der Waals surface area contributed by atoms with Crippen LogP contribution in [0.2, 0.25) is 0 Å². The Morgan fingerprint density at radius 3 is 2.18 bits per heavy atom. The molecule has 0 radical (unpaired) electrons. The lowest BCUT2D eigenvalue weighted by atomic mass is 9.84. The highest BCUT2D eigenvalue weighted by Crippen LogP contribution is 2.25. The maximum absolute atomic E-state index is 6.10. The monoisotopic (exact) mass is 245 g/mol. The minimum absolute atomic E-state index is 0.0822. The Hall–Kier alpha value is -0.120. The van der Waals surface area contributed by atoms with E-state index in [-0.39, 0.29) is 17.6 Å². The number of rotatable bonds is 9. The Morgan fingerprint density at radius 1 is 1.06 bits per heavy atom.